The molecule has 1 aliphatic heterocycles. The van der Waals surface area contributed by atoms with E-state index in [1.807, 2.05) is 40.9 Å². The molecule has 0 saturated carbocycles. The molecule has 1 aromatic carbocycles. The largest absolute Gasteiger partial charge is 0.333 e. The van der Waals surface area contributed by atoms with Crippen molar-refractivity contribution in [3.8, 4) is 0 Å². The van der Waals surface area contributed by atoms with E-state index >= 15 is 0 Å². The molecule has 1 fully saturated rings. The SMILES string of the molecule is O=C(NCc1cccs1)N1CCC(Cn2cnc3ccccc32)CC1. The fourth-order valence-electron chi connectivity index (χ4n) is 3.44. The number of para-hydroxylation sites is 2. The molecule has 2 amide bonds. The Bertz CT molecular complexity index is 834. The molecular weight excluding hydrogens is 332 g/mol. The fraction of sp³-hybridized carbons (Fsp3) is 0.368. The van der Waals surface area contributed by atoms with Crippen LogP contribution in [0.3, 0.4) is 0 Å². The molecule has 1 saturated heterocycles. The van der Waals surface area contributed by atoms with Gasteiger partial charge in [0, 0.05) is 24.5 Å². The van der Waals surface area contributed by atoms with Gasteiger partial charge in [-0.3, -0.25) is 0 Å². The third-order valence-corrected chi connectivity index (χ3v) is 5.75. The van der Waals surface area contributed by atoms with Crippen molar-refractivity contribution in [3.63, 3.8) is 0 Å². The molecular formula is C19H22N4OS. The molecule has 1 aliphatic rings. The third-order valence-electron chi connectivity index (χ3n) is 4.88. The number of carbonyl (C=O) groups is 1. The average molecular weight is 354 g/mol. The summed E-state index contributed by atoms with van der Waals surface area (Å²) in [6, 6.07) is 12.4. The number of likely N-dealkylation sites (tertiary alicyclic amines) is 1. The Morgan fingerprint density at radius 1 is 1.20 bits per heavy atom. The fourth-order valence-corrected chi connectivity index (χ4v) is 4.08. The van der Waals surface area contributed by atoms with Crippen molar-refractivity contribution in [3.05, 3.63) is 53.0 Å². The lowest BCUT2D eigenvalue weighted by atomic mass is 9.97. The minimum Gasteiger partial charge on any atom is -0.333 e. The average Bonchev–Trinajstić information content (AvgIpc) is 3.31. The van der Waals surface area contributed by atoms with Gasteiger partial charge in [-0.15, -0.1) is 11.3 Å². The Labute approximate surface area is 151 Å². The van der Waals surface area contributed by atoms with Crippen molar-refractivity contribution in [2.45, 2.75) is 25.9 Å². The predicted molar refractivity (Wildman–Crippen MR) is 101 cm³/mol. The zero-order chi connectivity index (χ0) is 17.1. The number of imidazole rings is 1. The van der Waals surface area contributed by atoms with Gasteiger partial charge >= 0.3 is 6.03 Å². The van der Waals surface area contributed by atoms with Crippen molar-refractivity contribution in [1.82, 2.24) is 19.8 Å². The van der Waals surface area contributed by atoms with Crippen LogP contribution in [-0.2, 0) is 13.1 Å². The van der Waals surface area contributed by atoms with E-state index in [1.54, 1.807) is 11.3 Å². The lowest BCUT2D eigenvalue weighted by molar-refractivity contribution is 0.165. The molecule has 0 aliphatic carbocycles. The number of carbonyl (C=O) groups excluding carboxylic acids is 1. The van der Waals surface area contributed by atoms with Gasteiger partial charge in [0.1, 0.15) is 0 Å². The van der Waals surface area contributed by atoms with Crippen LogP contribution in [0.4, 0.5) is 4.79 Å². The number of benzene rings is 1. The van der Waals surface area contributed by atoms with Gasteiger partial charge in [0.05, 0.1) is 23.9 Å². The summed E-state index contributed by atoms with van der Waals surface area (Å²) in [7, 11) is 0. The van der Waals surface area contributed by atoms with Crippen LogP contribution in [0, 0.1) is 5.92 Å². The number of nitrogens with one attached hydrogen (secondary N) is 1. The van der Waals surface area contributed by atoms with Gasteiger partial charge in [-0.2, -0.15) is 0 Å². The highest BCUT2D eigenvalue weighted by Gasteiger charge is 2.23. The van der Waals surface area contributed by atoms with Gasteiger partial charge < -0.3 is 14.8 Å². The molecule has 4 rings (SSSR count). The van der Waals surface area contributed by atoms with E-state index in [4.69, 9.17) is 0 Å². The van der Waals surface area contributed by atoms with Crippen molar-refractivity contribution in [2.24, 2.45) is 5.92 Å². The Hall–Kier alpha value is -2.34. The molecule has 2 aromatic heterocycles. The van der Waals surface area contributed by atoms with Crippen LogP contribution in [0.5, 0.6) is 0 Å². The monoisotopic (exact) mass is 354 g/mol. The van der Waals surface area contributed by atoms with Crippen LogP contribution in [0.2, 0.25) is 0 Å². The zero-order valence-electron chi connectivity index (χ0n) is 14.1. The molecule has 130 valence electrons. The van der Waals surface area contributed by atoms with Crippen LogP contribution in [0.25, 0.3) is 11.0 Å². The highest BCUT2D eigenvalue weighted by Crippen LogP contribution is 2.22. The molecule has 0 bridgehead atoms. The number of hydrogen-bond donors (Lipinski definition) is 1. The van der Waals surface area contributed by atoms with Crippen molar-refractivity contribution in [1.29, 1.82) is 0 Å². The summed E-state index contributed by atoms with van der Waals surface area (Å²) < 4.78 is 2.24. The van der Waals surface area contributed by atoms with E-state index < -0.39 is 0 Å². The molecule has 25 heavy (non-hydrogen) atoms. The quantitative estimate of drug-likeness (QED) is 0.776. The molecule has 1 N–H and O–H groups in total. The number of piperidine rings is 1. The Balaban J connectivity index is 1.28. The van der Waals surface area contributed by atoms with Gasteiger partial charge in [0.2, 0.25) is 0 Å². The number of amides is 2. The van der Waals surface area contributed by atoms with Crippen molar-refractivity contribution < 1.29 is 4.79 Å². The lowest BCUT2D eigenvalue weighted by Gasteiger charge is -2.32. The normalized spacial score (nSPS) is 15.6. The molecule has 6 heteroatoms. The first kappa shape index (κ1) is 16.1. The predicted octanol–water partition coefficient (Wildman–Crippen LogP) is 3.72. The van der Waals surface area contributed by atoms with Crippen LogP contribution in [0.1, 0.15) is 17.7 Å². The van der Waals surface area contributed by atoms with E-state index in [9.17, 15) is 4.79 Å². The van der Waals surface area contributed by atoms with Gasteiger partial charge in [-0.25, -0.2) is 9.78 Å². The Kier molecular flexibility index (Phi) is 4.70. The summed E-state index contributed by atoms with van der Waals surface area (Å²) >= 11 is 1.67. The molecule has 0 radical (unpaired) electrons. The van der Waals surface area contributed by atoms with E-state index in [2.05, 4.69) is 27.0 Å². The minimum absolute atomic E-state index is 0.0555. The highest BCUT2D eigenvalue weighted by atomic mass is 32.1. The molecule has 0 atom stereocenters. The van der Waals surface area contributed by atoms with Crippen molar-refractivity contribution in [2.75, 3.05) is 13.1 Å². The van der Waals surface area contributed by atoms with E-state index in [0.29, 0.717) is 12.5 Å². The number of thiophene rings is 1. The molecule has 0 unspecified atom stereocenters. The first-order chi connectivity index (χ1) is 12.3. The maximum absolute atomic E-state index is 12.3. The number of aromatic nitrogens is 2. The first-order valence-electron chi connectivity index (χ1n) is 8.74. The van der Waals surface area contributed by atoms with Crippen LogP contribution < -0.4 is 5.32 Å². The maximum atomic E-state index is 12.3. The number of urea groups is 1. The number of fused-ring (bicyclic) bond motifs is 1. The summed E-state index contributed by atoms with van der Waals surface area (Å²) in [5.41, 5.74) is 2.24. The first-order valence-corrected chi connectivity index (χ1v) is 9.62. The molecule has 3 heterocycles. The standard InChI is InChI=1S/C19H22N4OS/c24-19(20-12-16-4-3-11-25-16)22-9-7-15(8-10-22)13-23-14-21-17-5-1-2-6-18(17)23/h1-6,11,14-15H,7-10,12-13H2,(H,20,24). The molecule has 5 nitrogen and oxygen atoms in total. The summed E-state index contributed by atoms with van der Waals surface area (Å²) in [6.45, 7) is 3.25. The second-order valence-electron chi connectivity index (χ2n) is 6.55. The number of hydrogen-bond acceptors (Lipinski definition) is 3. The van der Waals surface area contributed by atoms with Crippen LogP contribution in [0.15, 0.2) is 48.1 Å². The van der Waals surface area contributed by atoms with E-state index in [0.717, 1.165) is 38.0 Å². The number of nitrogens with zero attached hydrogens (tertiary/aromatic N) is 3. The second kappa shape index (κ2) is 7.27. The molecule has 0 spiro atoms. The van der Waals surface area contributed by atoms with Gasteiger partial charge in [0.15, 0.2) is 0 Å². The second-order valence-corrected chi connectivity index (χ2v) is 7.59. The Morgan fingerprint density at radius 3 is 2.84 bits per heavy atom. The van der Waals surface area contributed by atoms with Gasteiger partial charge in [-0.1, -0.05) is 18.2 Å². The maximum Gasteiger partial charge on any atom is 0.317 e. The lowest BCUT2D eigenvalue weighted by Crippen LogP contribution is -2.44. The minimum atomic E-state index is 0.0555. The number of rotatable bonds is 4. The molecule has 3 aromatic rings. The summed E-state index contributed by atoms with van der Waals surface area (Å²) in [4.78, 5) is 19.9. The topological polar surface area (TPSA) is 50.2 Å². The van der Waals surface area contributed by atoms with Crippen LogP contribution in [-0.4, -0.2) is 33.6 Å². The van der Waals surface area contributed by atoms with Crippen LogP contribution >= 0.6 is 11.3 Å². The zero-order valence-corrected chi connectivity index (χ0v) is 14.9. The van der Waals surface area contributed by atoms with Crippen molar-refractivity contribution >= 4 is 28.4 Å². The summed E-state index contributed by atoms with van der Waals surface area (Å²) in [6.07, 6.45) is 4.02. The third kappa shape index (κ3) is 3.69. The van der Waals surface area contributed by atoms with Gasteiger partial charge in [0.25, 0.3) is 0 Å². The highest BCUT2D eigenvalue weighted by molar-refractivity contribution is 7.09. The van der Waals surface area contributed by atoms with Gasteiger partial charge in [-0.05, 0) is 42.3 Å². The van der Waals surface area contributed by atoms with E-state index in [-0.39, 0.29) is 6.03 Å². The summed E-state index contributed by atoms with van der Waals surface area (Å²) in [5, 5.41) is 5.06. The smallest absolute Gasteiger partial charge is 0.317 e. The Morgan fingerprint density at radius 2 is 2.04 bits per heavy atom. The van der Waals surface area contributed by atoms with E-state index in [1.165, 1.54) is 10.4 Å². The summed E-state index contributed by atoms with van der Waals surface area (Å²) in [5.74, 6) is 0.596.